The van der Waals surface area contributed by atoms with E-state index in [2.05, 4.69) is 0 Å². The van der Waals surface area contributed by atoms with Gasteiger partial charge in [0.15, 0.2) is 0 Å². The first-order chi connectivity index (χ1) is 7.12. The number of fused-ring (bicyclic) bond motifs is 1. The normalized spacial score (nSPS) is 40.9. The molecule has 0 heterocycles. The van der Waals surface area contributed by atoms with Crippen LogP contribution in [0.1, 0.15) is 51.4 Å². The Hall–Kier alpha value is -0.570. The molecule has 0 amide bonds. The van der Waals surface area contributed by atoms with Gasteiger partial charge in [-0.15, -0.1) is 0 Å². The van der Waals surface area contributed by atoms with Crippen LogP contribution >= 0.6 is 0 Å². The Morgan fingerprint density at radius 1 is 1.20 bits per heavy atom. The number of carboxylic acid groups (broad SMARTS) is 1. The topological polar surface area (TPSA) is 57.5 Å². The molecule has 2 aliphatic rings. The molecule has 0 aromatic rings. The van der Waals surface area contributed by atoms with Crippen molar-refractivity contribution in [3.8, 4) is 0 Å². The van der Waals surface area contributed by atoms with Gasteiger partial charge in [0.05, 0.1) is 12.0 Å². The van der Waals surface area contributed by atoms with Gasteiger partial charge >= 0.3 is 5.97 Å². The summed E-state index contributed by atoms with van der Waals surface area (Å²) in [4.78, 5) is 10.8. The second-order valence-electron chi connectivity index (χ2n) is 5.22. The third-order valence-corrected chi connectivity index (χ3v) is 4.24. The summed E-state index contributed by atoms with van der Waals surface area (Å²) in [5, 5.41) is 19.3. The maximum atomic E-state index is 10.8. The number of hydrogen-bond donors (Lipinski definition) is 2. The van der Waals surface area contributed by atoms with Crippen molar-refractivity contribution in [3.05, 3.63) is 0 Å². The lowest BCUT2D eigenvalue weighted by atomic mass is 9.62. The van der Waals surface area contributed by atoms with Crippen LogP contribution in [-0.4, -0.2) is 21.8 Å². The smallest absolute Gasteiger partial charge is 0.306 e. The van der Waals surface area contributed by atoms with Crippen LogP contribution in [0.2, 0.25) is 0 Å². The number of rotatable bonds is 2. The summed E-state index contributed by atoms with van der Waals surface area (Å²) >= 11 is 0. The number of carbonyl (C=O) groups is 1. The van der Waals surface area contributed by atoms with Gasteiger partial charge in [-0.05, 0) is 31.1 Å². The van der Waals surface area contributed by atoms with E-state index in [-0.39, 0.29) is 12.3 Å². The first-order valence-electron chi connectivity index (χ1n) is 6.06. The lowest BCUT2D eigenvalue weighted by molar-refractivity contribution is -0.151. The summed E-state index contributed by atoms with van der Waals surface area (Å²) in [6, 6.07) is 0. The molecule has 3 unspecified atom stereocenters. The van der Waals surface area contributed by atoms with E-state index in [0.29, 0.717) is 12.3 Å². The van der Waals surface area contributed by atoms with Crippen molar-refractivity contribution in [3.63, 3.8) is 0 Å². The standard InChI is InChI=1S/C12H20O3/c13-11(14)8-12(15)7-3-5-9-4-1-2-6-10(9)12/h9-10,15H,1-8H2,(H,13,14). The lowest BCUT2D eigenvalue weighted by Crippen LogP contribution is -2.47. The molecule has 0 aromatic heterocycles. The van der Waals surface area contributed by atoms with Gasteiger partial charge in [-0.2, -0.15) is 0 Å². The van der Waals surface area contributed by atoms with Gasteiger partial charge in [0.1, 0.15) is 0 Å². The Kier molecular flexibility index (Phi) is 3.01. The van der Waals surface area contributed by atoms with Crippen LogP contribution < -0.4 is 0 Å². The minimum Gasteiger partial charge on any atom is -0.481 e. The van der Waals surface area contributed by atoms with Crippen molar-refractivity contribution >= 4 is 5.97 Å². The van der Waals surface area contributed by atoms with Crippen LogP contribution in [0.5, 0.6) is 0 Å². The van der Waals surface area contributed by atoms with Gasteiger partial charge in [0, 0.05) is 0 Å². The van der Waals surface area contributed by atoms with E-state index in [4.69, 9.17) is 5.11 Å². The molecular weight excluding hydrogens is 192 g/mol. The number of carboxylic acids is 1. The summed E-state index contributed by atoms with van der Waals surface area (Å²) in [5.74, 6) is -0.0309. The van der Waals surface area contributed by atoms with Crippen LogP contribution in [-0.2, 0) is 4.79 Å². The molecule has 3 heteroatoms. The van der Waals surface area contributed by atoms with Crippen molar-refractivity contribution in [2.24, 2.45) is 11.8 Å². The highest BCUT2D eigenvalue weighted by molar-refractivity contribution is 5.68. The van der Waals surface area contributed by atoms with Gasteiger partial charge in [-0.1, -0.05) is 25.7 Å². The summed E-state index contributed by atoms with van der Waals surface area (Å²) in [5.41, 5.74) is -0.908. The van der Waals surface area contributed by atoms with Crippen molar-refractivity contribution in [2.45, 2.75) is 57.0 Å². The quantitative estimate of drug-likeness (QED) is 0.737. The van der Waals surface area contributed by atoms with Crippen molar-refractivity contribution in [1.29, 1.82) is 0 Å². The average molecular weight is 212 g/mol. The largest absolute Gasteiger partial charge is 0.481 e. The molecule has 0 spiro atoms. The molecule has 0 aliphatic heterocycles. The van der Waals surface area contributed by atoms with Crippen molar-refractivity contribution in [2.75, 3.05) is 0 Å². The first kappa shape index (κ1) is 10.9. The number of hydrogen-bond acceptors (Lipinski definition) is 2. The van der Waals surface area contributed by atoms with Gasteiger partial charge < -0.3 is 10.2 Å². The SMILES string of the molecule is O=C(O)CC1(O)CCCC2CCCCC21. The molecular formula is C12H20O3. The highest BCUT2D eigenvalue weighted by atomic mass is 16.4. The number of aliphatic carboxylic acids is 1. The lowest BCUT2D eigenvalue weighted by Gasteiger charge is -2.46. The predicted octanol–water partition coefficient (Wildman–Crippen LogP) is 2.18. The first-order valence-corrected chi connectivity index (χ1v) is 6.06. The Labute approximate surface area is 90.5 Å². The highest BCUT2D eigenvalue weighted by Gasteiger charge is 2.45. The van der Waals surface area contributed by atoms with E-state index < -0.39 is 11.6 Å². The van der Waals surface area contributed by atoms with Gasteiger partial charge in [-0.3, -0.25) is 4.79 Å². The van der Waals surface area contributed by atoms with E-state index in [0.717, 1.165) is 19.3 Å². The molecule has 2 aliphatic carbocycles. The minimum atomic E-state index is -0.908. The van der Waals surface area contributed by atoms with E-state index in [1.165, 1.54) is 19.3 Å². The number of aliphatic hydroxyl groups is 1. The second-order valence-corrected chi connectivity index (χ2v) is 5.22. The maximum Gasteiger partial charge on any atom is 0.306 e. The van der Waals surface area contributed by atoms with E-state index >= 15 is 0 Å². The van der Waals surface area contributed by atoms with Crippen LogP contribution in [0.25, 0.3) is 0 Å². The highest BCUT2D eigenvalue weighted by Crippen LogP contribution is 2.47. The van der Waals surface area contributed by atoms with Gasteiger partial charge in [-0.25, -0.2) is 0 Å². The molecule has 2 saturated carbocycles. The molecule has 86 valence electrons. The van der Waals surface area contributed by atoms with Crippen LogP contribution in [0.15, 0.2) is 0 Å². The zero-order valence-electron chi connectivity index (χ0n) is 9.11. The Morgan fingerprint density at radius 2 is 1.87 bits per heavy atom. The van der Waals surface area contributed by atoms with Crippen molar-refractivity contribution < 1.29 is 15.0 Å². The fourth-order valence-electron chi connectivity index (χ4n) is 3.60. The zero-order valence-corrected chi connectivity index (χ0v) is 9.11. The summed E-state index contributed by atoms with van der Waals surface area (Å²) in [7, 11) is 0. The molecule has 2 rings (SSSR count). The molecule has 0 saturated heterocycles. The summed E-state index contributed by atoms with van der Waals surface area (Å²) in [6.45, 7) is 0. The minimum absolute atomic E-state index is 0.0613. The predicted molar refractivity (Wildman–Crippen MR) is 56.5 cm³/mol. The summed E-state index contributed by atoms with van der Waals surface area (Å²) in [6.07, 6.45) is 7.42. The molecule has 0 aromatic carbocycles. The molecule has 3 atom stereocenters. The van der Waals surface area contributed by atoms with Crippen LogP contribution in [0, 0.1) is 11.8 Å². The molecule has 15 heavy (non-hydrogen) atoms. The third kappa shape index (κ3) is 2.17. The zero-order chi connectivity index (χ0) is 10.9. The molecule has 0 radical (unpaired) electrons. The third-order valence-electron chi connectivity index (χ3n) is 4.24. The van der Waals surface area contributed by atoms with Gasteiger partial charge in [0.25, 0.3) is 0 Å². The summed E-state index contributed by atoms with van der Waals surface area (Å²) < 4.78 is 0. The van der Waals surface area contributed by atoms with Crippen molar-refractivity contribution in [1.82, 2.24) is 0 Å². The van der Waals surface area contributed by atoms with Crippen LogP contribution in [0.4, 0.5) is 0 Å². The monoisotopic (exact) mass is 212 g/mol. The average Bonchev–Trinajstić information content (AvgIpc) is 2.17. The van der Waals surface area contributed by atoms with Gasteiger partial charge in [0.2, 0.25) is 0 Å². The Bertz CT molecular complexity index is 249. The maximum absolute atomic E-state index is 10.8. The molecule has 0 bridgehead atoms. The van der Waals surface area contributed by atoms with E-state index in [1.807, 2.05) is 0 Å². The van der Waals surface area contributed by atoms with E-state index in [9.17, 15) is 9.90 Å². The van der Waals surface area contributed by atoms with Crippen LogP contribution in [0.3, 0.4) is 0 Å². The Balaban J connectivity index is 2.11. The molecule has 2 N–H and O–H groups in total. The molecule has 3 nitrogen and oxygen atoms in total. The van der Waals surface area contributed by atoms with E-state index in [1.54, 1.807) is 0 Å². The fourth-order valence-corrected chi connectivity index (χ4v) is 3.60. The fraction of sp³-hybridized carbons (Fsp3) is 0.917. The Morgan fingerprint density at radius 3 is 2.60 bits per heavy atom. The second kappa shape index (κ2) is 4.12. The molecule has 2 fully saturated rings.